The van der Waals surface area contributed by atoms with Crippen LogP contribution in [0.5, 0.6) is 0 Å². The highest BCUT2D eigenvalue weighted by atomic mass is 15.6. The second-order valence-corrected chi connectivity index (χ2v) is 4.80. The quantitative estimate of drug-likeness (QED) is 0.700. The molecule has 0 saturated carbocycles. The molecule has 0 atom stereocenters. The van der Waals surface area contributed by atoms with Crippen LogP contribution in [0.1, 0.15) is 33.5 Å². The molecule has 0 saturated heterocycles. The maximum absolute atomic E-state index is 4.12. The third-order valence-corrected chi connectivity index (χ3v) is 2.71. The zero-order valence-electron chi connectivity index (χ0n) is 11.5. The van der Waals surface area contributed by atoms with Crippen molar-refractivity contribution in [2.24, 2.45) is 7.05 Å². The highest BCUT2D eigenvalue weighted by Crippen LogP contribution is 2.03. The lowest BCUT2D eigenvalue weighted by Crippen LogP contribution is -2.41. The van der Waals surface area contributed by atoms with E-state index < -0.39 is 0 Å². The monoisotopic (exact) mass is 240 g/mol. The fraction of sp³-hybridized carbons (Fsp3) is 0.909. The lowest BCUT2D eigenvalue weighted by atomic mass is 10.2. The van der Waals surface area contributed by atoms with Crippen molar-refractivity contribution in [1.82, 2.24) is 30.4 Å². The molecule has 0 aliphatic rings. The van der Waals surface area contributed by atoms with Gasteiger partial charge in [-0.1, -0.05) is 0 Å². The Hall–Kier alpha value is -1.01. The van der Waals surface area contributed by atoms with Crippen LogP contribution in [0.25, 0.3) is 0 Å². The lowest BCUT2D eigenvalue weighted by molar-refractivity contribution is 0.175. The third kappa shape index (κ3) is 4.79. The summed E-state index contributed by atoms with van der Waals surface area (Å²) in [6, 6.07) is 1.15. The molecule has 0 fully saturated rings. The highest BCUT2D eigenvalue weighted by Gasteiger charge is 2.12. The normalized spacial score (nSPS) is 12.0. The maximum Gasteiger partial charge on any atom is 0.188 e. The average molecular weight is 240 g/mol. The van der Waals surface area contributed by atoms with Gasteiger partial charge in [0.2, 0.25) is 0 Å². The third-order valence-electron chi connectivity index (χ3n) is 2.71. The summed E-state index contributed by atoms with van der Waals surface area (Å²) in [5, 5.41) is 15.2. The average Bonchev–Trinajstić information content (AvgIpc) is 2.62. The van der Waals surface area contributed by atoms with Gasteiger partial charge in [0.1, 0.15) is 0 Å². The Balaban J connectivity index is 2.23. The first-order valence-electron chi connectivity index (χ1n) is 6.20. The summed E-state index contributed by atoms with van der Waals surface area (Å²) in [6.07, 6.45) is 0. The number of nitrogens with zero attached hydrogens (tertiary/aromatic N) is 5. The van der Waals surface area contributed by atoms with E-state index in [1.54, 1.807) is 7.05 Å². The number of tetrazole rings is 1. The second-order valence-electron chi connectivity index (χ2n) is 4.80. The zero-order chi connectivity index (χ0) is 12.8. The van der Waals surface area contributed by atoms with Crippen molar-refractivity contribution in [3.8, 4) is 0 Å². The van der Waals surface area contributed by atoms with Gasteiger partial charge in [0.15, 0.2) is 5.82 Å². The Morgan fingerprint density at radius 2 is 1.88 bits per heavy atom. The van der Waals surface area contributed by atoms with Crippen LogP contribution in [-0.4, -0.2) is 50.3 Å². The summed E-state index contributed by atoms with van der Waals surface area (Å²) in [6.45, 7) is 11.6. The summed E-state index contributed by atoms with van der Waals surface area (Å²) >= 11 is 0. The van der Waals surface area contributed by atoms with Crippen LogP contribution in [0.3, 0.4) is 0 Å². The van der Waals surface area contributed by atoms with E-state index in [4.69, 9.17) is 0 Å². The molecule has 1 aromatic rings. The van der Waals surface area contributed by atoms with Gasteiger partial charge in [-0.05, 0) is 32.9 Å². The van der Waals surface area contributed by atoms with Crippen LogP contribution < -0.4 is 5.32 Å². The van der Waals surface area contributed by atoms with Crippen molar-refractivity contribution in [1.29, 1.82) is 0 Å². The van der Waals surface area contributed by atoms with E-state index in [0.29, 0.717) is 18.6 Å². The minimum atomic E-state index is 0.575. The van der Waals surface area contributed by atoms with Crippen molar-refractivity contribution in [3.05, 3.63) is 5.82 Å². The molecule has 98 valence electrons. The van der Waals surface area contributed by atoms with Gasteiger partial charge in [-0.3, -0.25) is 4.90 Å². The molecule has 0 spiro atoms. The Labute approximate surface area is 103 Å². The minimum absolute atomic E-state index is 0.575. The summed E-state index contributed by atoms with van der Waals surface area (Å²) < 4.78 is 0. The van der Waals surface area contributed by atoms with Crippen LogP contribution in [0, 0.1) is 0 Å². The number of rotatable bonds is 7. The van der Waals surface area contributed by atoms with Gasteiger partial charge < -0.3 is 5.32 Å². The Morgan fingerprint density at radius 1 is 1.24 bits per heavy atom. The van der Waals surface area contributed by atoms with Crippen LogP contribution in [0.15, 0.2) is 0 Å². The van der Waals surface area contributed by atoms with Crippen molar-refractivity contribution >= 4 is 0 Å². The molecule has 6 nitrogen and oxygen atoms in total. The Kier molecular flexibility index (Phi) is 5.50. The molecule has 0 aromatic carbocycles. The fourth-order valence-electron chi connectivity index (χ4n) is 1.92. The van der Waals surface area contributed by atoms with Crippen molar-refractivity contribution in [2.45, 2.75) is 46.3 Å². The molecule has 1 aromatic heterocycles. The van der Waals surface area contributed by atoms with Crippen molar-refractivity contribution in [3.63, 3.8) is 0 Å². The molecule has 17 heavy (non-hydrogen) atoms. The number of aromatic nitrogens is 4. The first kappa shape index (κ1) is 14.1. The van der Waals surface area contributed by atoms with E-state index >= 15 is 0 Å². The summed E-state index contributed by atoms with van der Waals surface area (Å²) in [7, 11) is 1.77. The van der Waals surface area contributed by atoms with Gasteiger partial charge in [-0.15, -0.1) is 10.2 Å². The van der Waals surface area contributed by atoms with Crippen LogP contribution >= 0.6 is 0 Å². The molecule has 0 bridgehead atoms. The molecular formula is C11H24N6. The molecule has 0 aliphatic heterocycles. The van der Waals surface area contributed by atoms with Crippen molar-refractivity contribution < 1.29 is 0 Å². The predicted octanol–water partition coefficient (Wildman–Crippen LogP) is 0.419. The SMILES string of the molecule is CC(C)N(CCNCc1nnn(C)n1)C(C)C. The van der Waals surface area contributed by atoms with E-state index in [9.17, 15) is 0 Å². The van der Waals surface area contributed by atoms with Gasteiger partial charge in [-0.25, -0.2) is 0 Å². The van der Waals surface area contributed by atoms with Crippen LogP contribution in [-0.2, 0) is 13.6 Å². The van der Waals surface area contributed by atoms with Gasteiger partial charge in [0.25, 0.3) is 0 Å². The van der Waals surface area contributed by atoms with Gasteiger partial charge in [0.05, 0.1) is 13.6 Å². The molecule has 0 amide bonds. The van der Waals surface area contributed by atoms with Gasteiger partial charge in [0, 0.05) is 25.2 Å². The van der Waals surface area contributed by atoms with Crippen LogP contribution in [0.4, 0.5) is 0 Å². The molecule has 0 unspecified atom stereocenters. The number of aryl methyl sites for hydroxylation is 1. The number of hydrogen-bond donors (Lipinski definition) is 1. The van der Waals surface area contributed by atoms with E-state index in [1.165, 1.54) is 4.80 Å². The zero-order valence-corrected chi connectivity index (χ0v) is 11.5. The van der Waals surface area contributed by atoms with E-state index in [0.717, 1.165) is 18.9 Å². The number of nitrogens with one attached hydrogen (secondary N) is 1. The highest BCUT2D eigenvalue weighted by molar-refractivity contribution is 4.76. The predicted molar refractivity (Wildman–Crippen MR) is 67.5 cm³/mol. The smallest absolute Gasteiger partial charge is 0.188 e. The molecule has 6 heteroatoms. The summed E-state index contributed by atoms with van der Waals surface area (Å²) in [5.74, 6) is 0.744. The molecular weight excluding hydrogens is 216 g/mol. The molecule has 0 radical (unpaired) electrons. The first-order chi connectivity index (χ1) is 8.00. The van der Waals surface area contributed by atoms with E-state index in [-0.39, 0.29) is 0 Å². The second kappa shape index (κ2) is 6.66. The summed E-state index contributed by atoms with van der Waals surface area (Å²) in [5.41, 5.74) is 0. The Bertz CT molecular complexity index is 312. The molecule has 1 rings (SSSR count). The molecule has 1 heterocycles. The number of hydrogen-bond acceptors (Lipinski definition) is 5. The lowest BCUT2D eigenvalue weighted by Gasteiger charge is -2.30. The van der Waals surface area contributed by atoms with E-state index in [1.807, 2.05) is 0 Å². The standard InChI is InChI=1S/C11H24N6/c1-9(2)17(10(3)4)7-6-12-8-11-13-15-16(5)14-11/h9-10,12H,6-8H2,1-5H3. The van der Waals surface area contributed by atoms with Crippen LogP contribution in [0.2, 0.25) is 0 Å². The maximum atomic E-state index is 4.12. The Morgan fingerprint density at radius 3 is 2.35 bits per heavy atom. The minimum Gasteiger partial charge on any atom is -0.308 e. The van der Waals surface area contributed by atoms with Gasteiger partial charge >= 0.3 is 0 Å². The molecule has 1 N–H and O–H groups in total. The fourth-order valence-corrected chi connectivity index (χ4v) is 1.92. The topological polar surface area (TPSA) is 58.9 Å². The van der Waals surface area contributed by atoms with E-state index in [2.05, 4.69) is 53.3 Å². The largest absolute Gasteiger partial charge is 0.308 e. The van der Waals surface area contributed by atoms with Crippen molar-refractivity contribution in [2.75, 3.05) is 13.1 Å². The summed E-state index contributed by atoms with van der Waals surface area (Å²) in [4.78, 5) is 3.93. The first-order valence-corrected chi connectivity index (χ1v) is 6.20. The van der Waals surface area contributed by atoms with Gasteiger partial charge in [-0.2, -0.15) is 4.80 Å². The molecule has 0 aliphatic carbocycles.